The number of hydrogen-bond acceptors (Lipinski definition) is 3. The van der Waals surface area contributed by atoms with Gasteiger partial charge < -0.3 is 5.32 Å². The molecule has 0 amide bonds. The molecule has 104 valence electrons. The van der Waals surface area contributed by atoms with Crippen LogP contribution in [-0.4, -0.2) is 9.97 Å². The van der Waals surface area contributed by atoms with Gasteiger partial charge in [0.15, 0.2) is 0 Å². The molecule has 0 radical (unpaired) electrons. The molecule has 2 aromatic rings. The number of nitrogens with zero attached hydrogens (tertiary/aromatic N) is 2. The Balaban J connectivity index is 1.92. The molecule has 1 N–H and O–H groups in total. The Bertz CT molecular complexity index is 666. The van der Waals surface area contributed by atoms with Crippen LogP contribution in [0.1, 0.15) is 35.7 Å². The zero-order chi connectivity index (χ0) is 14.3. The molecule has 1 aromatic carbocycles. The quantitative estimate of drug-likeness (QED) is 0.809. The van der Waals surface area contributed by atoms with Gasteiger partial charge >= 0.3 is 0 Å². The Morgan fingerprint density at radius 2 is 1.80 bits per heavy atom. The molecule has 0 atom stereocenters. The summed E-state index contributed by atoms with van der Waals surface area (Å²) in [6.07, 6.45) is 2.30. The second kappa shape index (κ2) is 5.23. The summed E-state index contributed by atoms with van der Waals surface area (Å²) in [6.45, 7) is 3.99. The third kappa shape index (κ3) is 2.89. The van der Waals surface area contributed by atoms with E-state index < -0.39 is 0 Å². The first-order chi connectivity index (χ1) is 9.52. The average Bonchev–Trinajstić information content (AvgIpc) is 3.19. The first kappa shape index (κ1) is 13.7. The third-order valence-electron chi connectivity index (χ3n) is 3.42. The van der Waals surface area contributed by atoms with E-state index in [1.54, 1.807) is 6.07 Å². The van der Waals surface area contributed by atoms with Gasteiger partial charge in [-0.05, 0) is 49.9 Å². The summed E-state index contributed by atoms with van der Waals surface area (Å²) in [5.41, 5.74) is 3.09. The van der Waals surface area contributed by atoms with Crippen LogP contribution in [-0.2, 0) is 0 Å². The van der Waals surface area contributed by atoms with Crippen molar-refractivity contribution in [1.82, 2.24) is 9.97 Å². The summed E-state index contributed by atoms with van der Waals surface area (Å²) < 4.78 is 0. The van der Waals surface area contributed by atoms with Crippen molar-refractivity contribution in [2.24, 2.45) is 0 Å². The summed E-state index contributed by atoms with van der Waals surface area (Å²) in [7, 11) is 0. The number of benzene rings is 1. The van der Waals surface area contributed by atoms with Gasteiger partial charge in [-0.2, -0.15) is 0 Å². The molecule has 3 rings (SSSR count). The Morgan fingerprint density at radius 3 is 2.50 bits per heavy atom. The fourth-order valence-corrected chi connectivity index (χ4v) is 2.49. The van der Waals surface area contributed by atoms with Crippen molar-refractivity contribution in [2.75, 3.05) is 5.32 Å². The lowest BCUT2D eigenvalue weighted by atomic mass is 10.1. The molecule has 20 heavy (non-hydrogen) atoms. The van der Waals surface area contributed by atoms with E-state index in [0.29, 0.717) is 11.1 Å². The van der Waals surface area contributed by atoms with Gasteiger partial charge in [-0.15, -0.1) is 0 Å². The Kier molecular flexibility index (Phi) is 3.57. The van der Waals surface area contributed by atoms with Gasteiger partial charge in [0, 0.05) is 22.7 Å². The highest BCUT2D eigenvalue weighted by Gasteiger charge is 2.27. The van der Waals surface area contributed by atoms with E-state index in [1.807, 2.05) is 26.0 Å². The monoisotopic (exact) mass is 307 g/mol. The molecule has 0 aliphatic heterocycles. The summed E-state index contributed by atoms with van der Waals surface area (Å²) in [5.74, 6) is 2.04. The van der Waals surface area contributed by atoms with Crippen LogP contribution in [0.2, 0.25) is 10.2 Å². The predicted octanol–water partition coefficient (Wildman–Crippen LogP) is 5.02. The lowest BCUT2D eigenvalue weighted by Crippen LogP contribution is -2.01. The van der Waals surface area contributed by atoms with Crippen molar-refractivity contribution in [3.8, 4) is 0 Å². The van der Waals surface area contributed by atoms with E-state index in [4.69, 9.17) is 23.2 Å². The molecule has 1 saturated carbocycles. The maximum Gasteiger partial charge on any atom is 0.135 e. The molecule has 1 fully saturated rings. The van der Waals surface area contributed by atoms with Gasteiger partial charge in [0.05, 0.1) is 0 Å². The van der Waals surface area contributed by atoms with Crippen molar-refractivity contribution < 1.29 is 0 Å². The highest BCUT2D eigenvalue weighted by atomic mass is 35.5. The van der Waals surface area contributed by atoms with Crippen LogP contribution in [0, 0.1) is 13.8 Å². The highest BCUT2D eigenvalue weighted by molar-refractivity contribution is 6.31. The second-order valence-electron chi connectivity index (χ2n) is 5.25. The molecule has 0 bridgehead atoms. The molecule has 0 spiro atoms. The summed E-state index contributed by atoms with van der Waals surface area (Å²) in [6, 6.07) is 5.71. The molecular formula is C15H15Cl2N3. The average molecular weight is 308 g/mol. The number of aryl methyl sites for hydroxylation is 2. The molecule has 3 nitrogen and oxygen atoms in total. The summed E-state index contributed by atoms with van der Waals surface area (Å²) in [5, 5.41) is 4.56. The van der Waals surface area contributed by atoms with Crippen LogP contribution >= 0.6 is 23.2 Å². The van der Waals surface area contributed by atoms with E-state index in [9.17, 15) is 0 Å². The van der Waals surface area contributed by atoms with E-state index in [0.717, 1.165) is 46.3 Å². The fourth-order valence-electron chi connectivity index (χ4n) is 2.08. The second-order valence-corrected chi connectivity index (χ2v) is 6.04. The number of halogens is 2. The zero-order valence-electron chi connectivity index (χ0n) is 11.4. The molecule has 1 aromatic heterocycles. The van der Waals surface area contributed by atoms with Gasteiger partial charge in [-0.25, -0.2) is 9.97 Å². The normalized spacial score (nSPS) is 14.4. The highest BCUT2D eigenvalue weighted by Crippen LogP contribution is 2.39. The van der Waals surface area contributed by atoms with Crippen LogP contribution < -0.4 is 5.32 Å². The SMILES string of the molecule is Cc1cc(Nc2cc(Cl)nc(C3CC3)n2)c(C)cc1Cl. The van der Waals surface area contributed by atoms with Crippen molar-refractivity contribution in [2.45, 2.75) is 32.6 Å². The van der Waals surface area contributed by atoms with Crippen LogP contribution in [0.5, 0.6) is 0 Å². The lowest BCUT2D eigenvalue weighted by molar-refractivity contribution is 0.930. The number of anilines is 2. The summed E-state index contributed by atoms with van der Waals surface area (Å²) >= 11 is 12.2. The van der Waals surface area contributed by atoms with Gasteiger partial charge in [-0.3, -0.25) is 0 Å². The lowest BCUT2D eigenvalue weighted by Gasteiger charge is -2.12. The minimum Gasteiger partial charge on any atom is -0.340 e. The van der Waals surface area contributed by atoms with Crippen molar-refractivity contribution in [3.05, 3.63) is 45.3 Å². The Labute approximate surface area is 128 Å². The zero-order valence-corrected chi connectivity index (χ0v) is 12.9. The standard InChI is InChI=1S/C15H15Cl2N3/c1-8-6-12(9(2)5-11(8)16)18-14-7-13(17)19-15(20-14)10-3-4-10/h5-7,10H,3-4H2,1-2H3,(H,18,19,20). The minimum atomic E-state index is 0.474. The molecule has 5 heteroatoms. The Hall–Kier alpha value is -1.32. The van der Waals surface area contributed by atoms with E-state index in [-0.39, 0.29) is 0 Å². The van der Waals surface area contributed by atoms with E-state index >= 15 is 0 Å². The van der Waals surface area contributed by atoms with Crippen LogP contribution in [0.15, 0.2) is 18.2 Å². The van der Waals surface area contributed by atoms with Crippen molar-refractivity contribution in [1.29, 1.82) is 0 Å². The number of aromatic nitrogens is 2. The van der Waals surface area contributed by atoms with Gasteiger partial charge in [-0.1, -0.05) is 23.2 Å². The van der Waals surface area contributed by atoms with E-state index in [1.165, 1.54) is 0 Å². The number of hydrogen-bond donors (Lipinski definition) is 1. The fraction of sp³-hybridized carbons (Fsp3) is 0.333. The summed E-state index contributed by atoms with van der Waals surface area (Å²) in [4.78, 5) is 8.83. The molecule has 1 heterocycles. The van der Waals surface area contributed by atoms with Crippen LogP contribution in [0.4, 0.5) is 11.5 Å². The van der Waals surface area contributed by atoms with E-state index in [2.05, 4.69) is 15.3 Å². The number of rotatable bonds is 3. The largest absolute Gasteiger partial charge is 0.340 e. The molecule has 1 aliphatic carbocycles. The van der Waals surface area contributed by atoms with Crippen LogP contribution in [0.3, 0.4) is 0 Å². The predicted molar refractivity (Wildman–Crippen MR) is 83.2 cm³/mol. The minimum absolute atomic E-state index is 0.474. The van der Waals surface area contributed by atoms with Gasteiger partial charge in [0.1, 0.15) is 16.8 Å². The van der Waals surface area contributed by atoms with Gasteiger partial charge in [0.25, 0.3) is 0 Å². The molecule has 0 saturated heterocycles. The third-order valence-corrected chi connectivity index (χ3v) is 4.02. The van der Waals surface area contributed by atoms with Crippen molar-refractivity contribution >= 4 is 34.7 Å². The molecule has 1 aliphatic rings. The molecule has 0 unspecified atom stereocenters. The molecular weight excluding hydrogens is 293 g/mol. The smallest absolute Gasteiger partial charge is 0.135 e. The van der Waals surface area contributed by atoms with Crippen LogP contribution in [0.25, 0.3) is 0 Å². The maximum absolute atomic E-state index is 6.11. The topological polar surface area (TPSA) is 37.8 Å². The maximum atomic E-state index is 6.11. The Morgan fingerprint density at radius 1 is 1.05 bits per heavy atom. The first-order valence-corrected chi connectivity index (χ1v) is 7.37. The van der Waals surface area contributed by atoms with Gasteiger partial charge in [0.2, 0.25) is 0 Å². The first-order valence-electron chi connectivity index (χ1n) is 6.61. The number of nitrogens with one attached hydrogen (secondary N) is 1. The van der Waals surface area contributed by atoms with Crippen molar-refractivity contribution in [3.63, 3.8) is 0 Å².